The summed E-state index contributed by atoms with van der Waals surface area (Å²) >= 11 is 7.44. The summed E-state index contributed by atoms with van der Waals surface area (Å²) in [5, 5.41) is 4.29. The maximum Gasteiger partial charge on any atom is 0.230 e. The third-order valence-corrected chi connectivity index (χ3v) is 5.63. The normalized spacial score (nSPS) is 10.9. The van der Waals surface area contributed by atoms with Crippen molar-refractivity contribution in [2.75, 3.05) is 26.0 Å². The Bertz CT molecular complexity index is 940. The Labute approximate surface area is 180 Å². The minimum Gasteiger partial charge on any atom is -0.383 e. The number of methoxy groups -OCH3 is 1. The van der Waals surface area contributed by atoms with Crippen LogP contribution in [-0.4, -0.2) is 41.9 Å². The maximum atomic E-state index is 12.1. The fraction of sp³-hybridized carbons (Fsp3) is 0.273. The first-order valence-corrected chi connectivity index (χ1v) is 10.8. The number of halogens is 1. The van der Waals surface area contributed by atoms with E-state index in [4.69, 9.17) is 21.3 Å². The molecule has 3 aromatic rings. The minimum absolute atomic E-state index is 0.0500. The number of benzene rings is 2. The van der Waals surface area contributed by atoms with Gasteiger partial charge in [0.1, 0.15) is 10.9 Å². The summed E-state index contributed by atoms with van der Waals surface area (Å²) in [4.78, 5) is 20.3. The molecule has 7 heteroatoms. The standard InChI is InChI=1S/C22H24ClN3O2S/c1-3-15-4-6-17(7-5-15)21-25-20(16-8-10-18(23)11-9-16)22(26-21)29-14-19(27)24-12-13-28-2/h4-11H,3,12-14H2,1-2H3,(H,24,27)(H,25,26). The van der Waals surface area contributed by atoms with Crippen molar-refractivity contribution in [3.8, 4) is 22.6 Å². The van der Waals surface area contributed by atoms with E-state index in [9.17, 15) is 4.79 Å². The number of aryl methyl sites for hydroxylation is 1. The molecular weight excluding hydrogens is 406 g/mol. The lowest BCUT2D eigenvalue weighted by atomic mass is 10.1. The Morgan fingerprint density at radius 3 is 2.48 bits per heavy atom. The van der Waals surface area contributed by atoms with Crippen LogP contribution in [0.5, 0.6) is 0 Å². The molecule has 0 spiro atoms. The third kappa shape index (κ3) is 5.85. The van der Waals surface area contributed by atoms with Gasteiger partial charge in [0.25, 0.3) is 0 Å². The lowest BCUT2D eigenvalue weighted by Crippen LogP contribution is -2.28. The zero-order chi connectivity index (χ0) is 20.6. The number of H-pyrrole nitrogens is 1. The fourth-order valence-corrected chi connectivity index (χ4v) is 3.75. The molecule has 152 valence electrons. The van der Waals surface area contributed by atoms with Gasteiger partial charge in [-0.15, -0.1) is 0 Å². The Morgan fingerprint density at radius 1 is 1.14 bits per heavy atom. The highest BCUT2D eigenvalue weighted by molar-refractivity contribution is 8.00. The molecule has 0 aliphatic heterocycles. The van der Waals surface area contributed by atoms with Crippen LogP contribution < -0.4 is 5.32 Å². The Balaban J connectivity index is 1.84. The molecule has 0 aliphatic rings. The Morgan fingerprint density at radius 2 is 1.83 bits per heavy atom. The van der Waals surface area contributed by atoms with Gasteiger partial charge in [-0.25, -0.2) is 4.98 Å². The second kappa shape index (κ2) is 10.5. The molecule has 2 N–H and O–H groups in total. The average Bonchev–Trinajstić information content (AvgIpc) is 3.17. The third-order valence-electron chi connectivity index (χ3n) is 4.41. The van der Waals surface area contributed by atoms with Gasteiger partial charge in [0.05, 0.1) is 18.1 Å². The molecule has 1 amide bonds. The molecule has 1 heterocycles. The molecular formula is C22H24ClN3O2S. The van der Waals surface area contributed by atoms with Crippen molar-refractivity contribution in [2.45, 2.75) is 18.4 Å². The molecule has 3 rings (SSSR count). The number of amides is 1. The van der Waals surface area contributed by atoms with Crippen LogP contribution in [0.15, 0.2) is 53.6 Å². The molecule has 0 fully saturated rings. The van der Waals surface area contributed by atoms with E-state index in [2.05, 4.69) is 41.5 Å². The predicted octanol–water partition coefficient (Wildman–Crippen LogP) is 4.81. The molecule has 0 aliphatic carbocycles. The van der Waals surface area contributed by atoms with E-state index in [1.54, 1.807) is 7.11 Å². The Kier molecular flexibility index (Phi) is 7.75. The summed E-state index contributed by atoms with van der Waals surface area (Å²) in [6, 6.07) is 15.9. The van der Waals surface area contributed by atoms with Gasteiger partial charge in [0.15, 0.2) is 0 Å². The number of aromatic amines is 1. The number of hydrogen-bond acceptors (Lipinski definition) is 4. The smallest absolute Gasteiger partial charge is 0.230 e. The quantitative estimate of drug-likeness (QED) is 0.378. The zero-order valence-corrected chi connectivity index (χ0v) is 18.1. The van der Waals surface area contributed by atoms with Crippen LogP contribution in [0.25, 0.3) is 22.6 Å². The molecule has 0 atom stereocenters. The molecule has 0 unspecified atom stereocenters. The number of aromatic nitrogens is 2. The van der Waals surface area contributed by atoms with Gasteiger partial charge >= 0.3 is 0 Å². The van der Waals surface area contributed by atoms with Gasteiger partial charge in [0.2, 0.25) is 5.91 Å². The zero-order valence-electron chi connectivity index (χ0n) is 16.5. The van der Waals surface area contributed by atoms with Crippen LogP contribution in [0.4, 0.5) is 0 Å². The van der Waals surface area contributed by atoms with Crippen molar-refractivity contribution in [2.24, 2.45) is 0 Å². The lowest BCUT2D eigenvalue weighted by molar-refractivity contribution is -0.118. The molecule has 1 aromatic heterocycles. The first-order valence-electron chi connectivity index (χ1n) is 9.44. The van der Waals surface area contributed by atoms with Crippen LogP contribution in [0.1, 0.15) is 12.5 Å². The van der Waals surface area contributed by atoms with Gasteiger partial charge in [-0.05, 0) is 24.1 Å². The molecule has 0 saturated heterocycles. The number of rotatable bonds is 9. The number of nitrogens with one attached hydrogen (secondary N) is 2. The summed E-state index contributed by atoms with van der Waals surface area (Å²) in [6.45, 7) is 3.12. The summed E-state index contributed by atoms with van der Waals surface area (Å²) in [7, 11) is 1.61. The summed E-state index contributed by atoms with van der Waals surface area (Å²) in [6.07, 6.45) is 0.994. The second-order valence-electron chi connectivity index (χ2n) is 6.45. The number of carbonyl (C=O) groups excluding carboxylic acids is 1. The number of imidazole rings is 1. The lowest BCUT2D eigenvalue weighted by Gasteiger charge is -2.05. The molecule has 0 bridgehead atoms. The van der Waals surface area contributed by atoms with Crippen LogP contribution in [-0.2, 0) is 16.0 Å². The number of ether oxygens (including phenoxy) is 1. The van der Waals surface area contributed by atoms with E-state index in [0.29, 0.717) is 18.2 Å². The molecule has 5 nitrogen and oxygen atoms in total. The highest BCUT2D eigenvalue weighted by Crippen LogP contribution is 2.33. The van der Waals surface area contributed by atoms with E-state index >= 15 is 0 Å². The van der Waals surface area contributed by atoms with Crippen LogP contribution in [0.2, 0.25) is 5.02 Å². The van der Waals surface area contributed by atoms with Crippen LogP contribution in [0, 0.1) is 0 Å². The monoisotopic (exact) mass is 429 g/mol. The van der Waals surface area contributed by atoms with Gasteiger partial charge in [0, 0.05) is 29.8 Å². The van der Waals surface area contributed by atoms with Crippen LogP contribution >= 0.6 is 23.4 Å². The summed E-state index contributed by atoms with van der Waals surface area (Å²) in [5.74, 6) is 1.01. The van der Waals surface area contributed by atoms with E-state index in [0.717, 1.165) is 34.1 Å². The van der Waals surface area contributed by atoms with E-state index in [1.807, 2.05) is 24.3 Å². The van der Waals surface area contributed by atoms with Crippen molar-refractivity contribution < 1.29 is 9.53 Å². The van der Waals surface area contributed by atoms with Gasteiger partial charge in [-0.3, -0.25) is 4.79 Å². The number of carbonyl (C=O) groups is 1. The van der Waals surface area contributed by atoms with E-state index in [-0.39, 0.29) is 11.7 Å². The summed E-state index contributed by atoms with van der Waals surface area (Å²) in [5.41, 5.74) is 4.14. The van der Waals surface area contributed by atoms with Gasteiger partial charge in [-0.1, -0.05) is 66.7 Å². The maximum absolute atomic E-state index is 12.1. The second-order valence-corrected chi connectivity index (χ2v) is 7.85. The molecule has 2 aromatic carbocycles. The van der Waals surface area contributed by atoms with Crippen molar-refractivity contribution in [1.29, 1.82) is 0 Å². The topological polar surface area (TPSA) is 67.0 Å². The van der Waals surface area contributed by atoms with Crippen molar-refractivity contribution >= 4 is 29.3 Å². The SMILES string of the molecule is CCc1ccc(-c2nc(SCC(=O)NCCOC)c(-c3ccc(Cl)cc3)[nH]2)cc1. The molecule has 0 saturated carbocycles. The van der Waals surface area contributed by atoms with Gasteiger partial charge < -0.3 is 15.0 Å². The number of nitrogens with zero attached hydrogens (tertiary/aromatic N) is 1. The van der Waals surface area contributed by atoms with Gasteiger partial charge in [-0.2, -0.15) is 0 Å². The van der Waals surface area contributed by atoms with Crippen molar-refractivity contribution in [1.82, 2.24) is 15.3 Å². The minimum atomic E-state index is -0.0500. The van der Waals surface area contributed by atoms with Crippen molar-refractivity contribution in [3.63, 3.8) is 0 Å². The largest absolute Gasteiger partial charge is 0.383 e. The van der Waals surface area contributed by atoms with E-state index in [1.165, 1.54) is 17.3 Å². The fourth-order valence-electron chi connectivity index (χ4n) is 2.79. The van der Waals surface area contributed by atoms with Crippen molar-refractivity contribution in [3.05, 3.63) is 59.1 Å². The predicted molar refractivity (Wildman–Crippen MR) is 119 cm³/mol. The highest BCUT2D eigenvalue weighted by Gasteiger charge is 2.15. The highest BCUT2D eigenvalue weighted by atomic mass is 35.5. The number of hydrogen-bond donors (Lipinski definition) is 2. The first-order chi connectivity index (χ1) is 14.1. The average molecular weight is 430 g/mol. The Hall–Kier alpha value is -2.28. The first kappa shape index (κ1) is 21.4. The van der Waals surface area contributed by atoms with E-state index < -0.39 is 0 Å². The number of thioether (sulfide) groups is 1. The molecule has 29 heavy (non-hydrogen) atoms. The van der Waals surface area contributed by atoms with Crippen LogP contribution in [0.3, 0.4) is 0 Å². The molecule has 0 radical (unpaired) electrons. The summed E-state index contributed by atoms with van der Waals surface area (Å²) < 4.78 is 4.96.